The zero-order chi connectivity index (χ0) is 15.6. The second kappa shape index (κ2) is 6.96. The third-order valence-electron chi connectivity index (χ3n) is 5.96. The number of aliphatic hydroxyl groups excluding tert-OH is 1. The van der Waals surface area contributed by atoms with Crippen LogP contribution in [0.25, 0.3) is 0 Å². The lowest BCUT2D eigenvalue weighted by Crippen LogP contribution is -2.11. The Bertz CT molecular complexity index is 466. The lowest BCUT2D eigenvalue weighted by molar-refractivity contribution is 0.150. The molecular weight excluding hydrogens is 256 g/mol. The fourth-order valence-corrected chi connectivity index (χ4v) is 4.04. The van der Waals surface area contributed by atoms with Crippen molar-refractivity contribution in [1.82, 2.24) is 0 Å². The quantitative estimate of drug-likeness (QED) is 0.762. The van der Waals surface area contributed by atoms with E-state index in [0.29, 0.717) is 0 Å². The predicted molar refractivity (Wildman–Crippen MR) is 90.9 cm³/mol. The molecule has 2 rings (SSSR count). The predicted octanol–water partition coefficient (Wildman–Crippen LogP) is 5.62. The van der Waals surface area contributed by atoms with E-state index in [2.05, 4.69) is 34.6 Å². The summed E-state index contributed by atoms with van der Waals surface area (Å²) in [5.74, 6) is 0.849. The Kier molecular flexibility index (Phi) is 5.48. The summed E-state index contributed by atoms with van der Waals surface area (Å²) in [7, 11) is 0. The van der Waals surface area contributed by atoms with Gasteiger partial charge >= 0.3 is 0 Å². The molecular formula is C20H32O. The van der Waals surface area contributed by atoms with Crippen molar-refractivity contribution in [3.05, 3.63) is 33.4 Å². The van der Waals surface area contributed by atoms with E-state index < -0.39 is 0 Å². The first-order chi connectivity index (χ1) is 9.93. The minimum absolute atomic E-state index is 0.287. The SMILES string of the molecule is Cc1c(C)c(C)c(C(O)CCC2CCCCC2)c(C)c1C. The molecule has 1 N–H and O–H groups in total. The van der Waals surface area contributed by atoms with E-state index >= 15 is 0 Å². The molecule has 1 aromatic carbocycles. The van der Waals surface area contributed by atoms with Crippen LogP contribution in [0.5, 0.6) is 0 Å². The first kappa shape index (κ1) is 16.5. The molecule has 1 aliphatic carbocycles. The van der Waals surface area contributed by atoms with Gasteiger partial charge in [-0.05, 0) is 86.8 Å². The Morgan fingerprint density at radius 3 is 1.81 bits per heavy atom. The first-order valence-electron chi connectivity index (χ1n) is 8.68. The molecule has 0 aliphatic heterocycles. The molecule has 21 heavy (non-hydrogen) atoms. The molecule has 118 valence electrons. The maximum atomic E-state index is 10.8. The number of hydrogen-bond acceptors (Lipinski definition) is 1. The molecule has 1 heteroatoms. The van der Waals surface area contributed by atoms with Gasteiger partial charge in [-0.2, -0.15) is 0 Å². The van der Waals surface area contributed by atoms with Crippen molar-refractivity contribution >= 4 is 0 Å². The van der Waals surface area contributed by atoms with E-state index in [1.54, 1.807) is 0 Å². The van der Waals surface area contributed by atoms with E-state index in [1.165, 1.54) is 71.9 Å². The molecule has 0 aromatic heterocycles. The molecule has 0 saturated heterocycles. The molecule has 0 bridgehead atoms. The van der Waals surface area contributed by atoms with Gasteiger partial charge in [0.25, 0.3) is 0 Å². The van der Waals surface area contributed by atoms with Gasteiger partial charge in [0.15, 0.2) is 0 Å². The standard InChI is InChI=1S/C20H32O/c1-13-14(2)16(4)20(17(5)15(13)3)19(21)12-11-18-9-7-6-8-10-18/h18-19,21H,6-12H2,1-5H3. The zero-order valence-electron chi connectivity index (χ0n) is 14.6. The molecule has 1 nitrogen and oxygen atoms in total. The fraction of sp³-hybridized carbons (Fsp3) is 0.700. The van der Waals surface area contributed by atoms with Crippen molar-refractivity contribution in [3.8, 4) is 0 Å². The van der Waals surface area contributed by atoms with Crippen LogP contribution in [0.2, 0.25) is 0 Å². The summed E-state index contributed by atoms with van der Waals surface area (Å²) in [5.41, 5.74) is 7.88. The van der Waals surface area contributed by atoms with E-state index in [9.17, 15) is 5.11 Å². The maximum Gasteiger partial charge on any atom is 0.0795 e. The summed E-state index contributed by atoms with van der Waals surface area (Å²) in [5, 5.41) is 10.8. The van der Waals surface area contributed by atoms with E-state index in [1.807, 2.05) is 0 Å². The average Bonchev–Trinajstić information content (AvgIpc) is 2.50. The zero-order valence-corrected chi connectivity index (χ0v) is 14.6. The number of hydrogen-bond donors (Lipinski definition) is 1. The molecule has 0 amide bonds. The summed E-state index contributed by atoms with van der Waals surface area (Å²) >= 11 is 0. The number of benzene rings is 1. The highest BCUT2D eigenvalue weighted by Crippen LogP contribution is 2.35. The van der Waals surface area contributed by atoms with Gasteiger partial charge in [-0.3, -0.25) is 0 Å². The lowest BCUT2D eigenvalue weighted by atomic mass is 9.82. The van der Waals surface area contributed by atoms with Crippen LogP contribution >= 0.6 is 0 Å². The third-order valence-corrected chi connectivity index (χ3v) is 5.96. The van der Waals surface area contributed by atoms with Crippen molar-refractivity contribution < 1.29 is 5.11 Å². The number of aliphatic hydroxyl groups is 1. The molecule has 0 spiro atoms. The van der Waals surface area contributed by atoms with Crippen LogP contribution in [0.15, 0.2) is 0 Å². The van der Waals surface area contributed by atoms with Crippen LogP contribution < -0.4 is 0 Å². The molecule has 0 radical (unpaired) electrons. The summed E-state index contributed by atoms with van der Waals surface area (Å²) < 4.78 is 0. The largest absolute Gasteiger partial charge is 0.388 e. The second-order valence-corrected chi connectivity index (χ2v) is 7.14. The molecule has 1 fully saturated rings. The minimum atomic E-state index is -0.287. The first-order valence-corrected chi connectivity index (χ1v) is 8.68. The Morgan fingerprint density at radius 1 is 0.810 bits per heavy atom. The van der Waals surface area contributed by atoms with Crippen LogP contribution in [0.1, 0.15) is 84.4 Å². The third kappa shape index (κ3) is 3.51. The number of rotatable bonds is 4. The Balaban J connectivity index is 2.13. The maximum absolute atomic E-state index is 10.8. The molecule has 1 atom stereocenters. The van der Waals surface area contributed by atoms with Gasteiger partial charge in [-0.15, -0.1) is 0 Å². The van der Waals surface area contributed by atoms with Gasteiger partial charge in [-0.25, -0.2) is 0 Å². The van der Waals surface area contributed by atoms with Crippen molar-refractivity contribution in [2.24, 2.45) is 5.92 Å². The van der Waals surface area contributed by atoms with Crippen LogP contribution in [0.3, 0.4) is 0 Å². The molecule has 1 unspecified atom stereocenters. The van der Waals surface area contributed by atoms with Gasteiger partial charge in [0.1, 0.15) is 0 Å². The molecule has 1 aromatic rings. The van der Waals surface area contributed by atoms with Crippen LogP contribution in [0, 0.1) is 40.5 Å². The minimum Gasteiger partial charge on any atom is -0.388 e. The van der Waals surface area contributed by atoms with Gasteiger partial charge in [0, 0.05) is 0 Å². The lowest BCUT2D eigenvalue weighted by Gasteiger charge is -2.25. The van der Waals surface area contributed by atoms with Crippen molar-refractivity contribution in [2.45, 2.75) is 85.7 Å². The normalized spacial score (nSPS) is 18.0. The smallest absolute Gasteiger partial charge is 0.0795 e. The monoisotopic (exact) mass is 288 g/mol. The van der Waals surface area contributed by atoms with Crippen LogP contribution in [-0.2, 0) is 0 Å². The summed E-state index contributed by atoms with van der Waals surface area (Å²) in [4.78, 5) is 0. The Labute approximate surface area is 130 Å². The highest BCUT2D eigenvalue weighted by atomic mass is 16.3. The summed E-state index contributed by atoms with van der Waals surface area (Å²) in [6, 6.07) is 0. The summed E-state index contributed by atoms with van der Waals surface area (Å²) in [6.07, 6.45) is 8.76. The Morgan fingerprint density at radius 2 is 1.29 bits per heavy atom. The molecule has 1 aliphatic rings. The Hall–Kier alpha value is -0.820. The van der Waals surface area contributed by atoms with Gasteiger partial charge in [0.05, 0.1) is 6.10 Å². The average molecular weight is 288 g/mol. The molecule has 1 saturated carbocycles. The molecule has 0 heterocycles. The van der Waals surface area contributed by atoms with Crippen LogP contribution in [-0.4, -0.2) is 5.11 Å². The van der Waals surface area contributed by atoms with Crippen molar-refractivity contribution in [3.63, 3.8) is 0 Å². The van der Waals surface area contributed by atoms with Crippen molar-refractivity contribution in [1.29, 1.82) is 0 Å². The highest BCUT2D eigenvalue weighted by molar-refractivity contribution is 5.50. The summed E-state index contributed by atoms with van der Waals surface area (Å²) in [6.45, 7) is 10.9. The van der Waals surface area contributed by atoms with Crippen molar-refractivity contribution in [2.75, 3.05) is 0 Å². The van der Waals surface area contributed by atoms with E-state index in [0.717, 1.165) is 12.3 Å². The van der Waals surface area contributed by atoms with E-state index in [4.69, 9.17) is 0 Å². The topological polar surface area (TPSA) is 20.2 Å². The van der Waals surface area contributed by atoms with Gasteiger partial charge < -0.3 is 5.11 Å². The van der Waals surface area contributed by atoms with Crippen LogP contribution in [0.4, 0.5) is 0 Å². The van der Waals surface area contributed by atoms with Gasteiger partial charge in [0.2, 0.25) is 0 Å². The van der Waals surface area contributed by atoms with E-state index in [-0.39, 0.29) is 6.10 Å². The second-order valence-electron chi connectivity index (χ2n) is 7.14. The highest BCUT2D eigenvalue weighted by Gasteiger charge is 2.20. The van der Waals surface area contributed by atoms with Gasteiger partial charge in [-0.1, -0.05) is 32.1 Å². The fourth-order valence-electron chi connectivity index (χ4n) is 4.04.